The van der Waals surface area contributed by atoms with Gasteiger partial charge in [-0.25, -0.2) is 9.59 Å². The Bertz CT molecular complexity index is 565. The highest BCUT2D eigenvalue weighted by molar-refractivity contribution is 5.91. The number of pyridine rings is 1. The van der Waals surface area contributed by atoms with Crippen LogP contribution in [0.4, 0.5) is 0 Å². The molecule has 7 heteroatoms. The summed E-state index contributed by atoms with van der Waals surface area (Å²) in [5, 5.41) is 0. The molecule has 0 spiro atoms. The molecule has 0 saturated carbocycles. The van der Waals surface area contributed by atoms with Crippen molar-refractivity contribution in [1.82, 2.24) is 4.57 Å². The van der Waals surface area contributed by atoms with Crippen LogP contribution in [0.5, 0.6) is 0 Å². The van der Waals surface area contributed by atoms with Crippen LogP contribution in [0.1, 0.15) is 41.1 Å². The molecule has 1 rings (SSSR count). The standard InChI is InChI=1S/C14H20N2O5/c1-3-20-13(18)10-9-16(7-5-6-15)11(8-12(10)17)14(19)21-4-2/h8-9H,3-7,15H2,1-2H3. The molecular weight excluding hydrogens is 276 g/mol. The van der Waals surface area contributed by atoms with Gasteiger partial charge in [0.2, 0.25) is 0 Å². The van der Waals surface area contributed by atoms with Crippen molar-refractivity contribution in [3.05, 3.63) is 33.7 Å². The summed E-state index contributed by atoms with van der Waals surface area (Å²) in [6.07, 6.45) is 1.92. The molecular formula is C14H20N2O5. The van der Waals surface area contributed by atoms with E-state index >= 15 is 0 Å². The van der Waals surface area contributed by atoms with E-state index in [1.165, 1.54) is 10.8 Å². The SMILES string of the molecule is CCOC(=O)c1cn(CCCN)c(C(=O)OCC)cc1=O. The lowest BCUT2D eigenvalue weighted by Crippen LogP contribution is -2.25. The highest BCUT2D eigenvalue weighted by Gasteiger charge is 2.18. The zero-order chi connectivity index (χ0) is 15.8. The Morgan fingerprint density at radius 1 is 1.19 bits per heavy atom. The number of hydrogen-bond donors (Lipinski definition) is 1. The van der Waals surface area contributed by atoms with E-state index in [2.05, 4.69) is 0 Å². The number of nitrogens with zero attached hydrogens (tertiary/aromatic N) is 1. The molecule has 0 radical (unpaired) electrons. The second-order valence-electron chi connectivity index (χ2n) is 4.21. The van der Waals surface area contributed by atoms with Crippen LogP contribution < -0.4 is 11.2 Å². The summed E-state index contributed by atoms with van der Waals surface area (Å²) in [7, 11) is 0. The van der Waals surface area contributed by atoms with Gasteiger partial charge in [-0.1, -0.05) is 0 Å². The van der Waals surface area contributed by atoms with Crippen LogP contribution >= 0.6 is 0 Å². The molecule has 0 fully saturated rings. The minimum Gasteiger partial charge on any atom is -0.462 e. The Morgan fingerprint density at radius 2 is 1.81 bits per heavy atom. The van der Waals surface area contributed by atoms with Crippen molar-refractivity contribution in [2.75, 3.05) is 19.8 Å². The highest BCUT2D eigenvalue weighted by Crippen LogP contribution is 2.06. The normalized spacial score (nSPS) is 10.2. The van der Waals surface area contributed by atoms with Gasteiger partial charge in [-0.15, -0.1) is 0 Å². The lowest BCUT2D eigenvalue weighted by molar-refractivity contribution is 0.0498. The van der Waals surface area contributed by atoms with Gasteiger partial charge in [0.15, 0.2) is 5.43 Å². The van der Waals surface area contributed by atoms with Crippen molar-refractivity contribution in [1.29, 1.82) is 0 Å². The third-order valence-electron chi connectivity index (χ3n) is 2.71. The van der Waals surface area contributed by atoms with Crippen LogP contribution in [-0.4, -0.2) is 36.3 Å². The first-order chi connectivity index (χ1) is 10.0. The van der Waals surface area contributed by atoms with Crippen molar-refractivity contribution >= 4 is 11.9 Å². The second-order valence-corrected chi connectivity index (χ2v) is 4.21. The number of carbonyl (C=O) groups excluding carboxylic acids is 2. The third-order valence-corrected chi connectivity index (χ3v) is 2.71. The lowest BCUT2D eigenvalue weighted by Gasteiger charge is -2.13. The van der Waals surface area contributed by atoms with Crippen molar-refractivity contribution in [2.24, 2.45) is 5.73 Å². The fourth-order valence-electron chi connectivity index (χ4n) is 1.76. The Labute approximate surface area is 122 Å². The fraction of sp³-hybridized carbons (Fsp3) is 0.500. The molecule has 1 aromatic heterocycles. The first kappa shape index (κ1) is 16.9. The molecule has 0 unspecified atom stereocenters. The summed E-state index contributed by atoms with van der Waals surface area (Å²) in [4.78, 5) is 35.5. The predicted molar refractivity (Wildman–Crippen MR) is 76.3 cm³/mol. The Balaban J connectivity index is 3.25. The molecule has 0 bridgehead atoms. The lowest BCUT2D eigenvalue weighted by atomic mass is 10.2. The average molecular weight is 296 g/mol. The van der Waals surface area contributed by atoms with Crippen LogP contribution in [0.25, 0.3) is 0 Å². The molecule has 0 aliphatic carbocycles. The number of carbonyl (C=O) groups is 2. The largest absolute Gasteiger partial charge is 0.462 e. The van der Waals surface area contributed by atoms with E-state index in [1.54, 1.807) is 13.8 Å². The second kappa shape index (κ2) is 8.21. The molecule has 2 N–H and O–H groups in total. The van der Waals surface area contributed by atoms with E-state index in [4.69, 9.17) is 15.2 Å². The summed E-state index contributed by atoms with van der Waals surface area (Å²) >= 11 is 0. The van der Waals surface area contributed by atoms with E-state index < -0.39 is 17.4 Å². The van der Waals surface area contributed by atoms with Gasteiger partial charge in [0.25, 0.3) is 0 Å². The van der Waals surface area contributed by atoms with Crippen LogP contribution in [0.3, 0.4) is 0 Å². The Hall–Kier alpha value is -2.15. The van der Waals surface area contributed by atoms with Gasteiger partial charge in [0.1, 0.15) is 11.3 Å². The quantitative estimate of drug-likeness (QED) is 0.737. The molecule has 0 atom stereocenters. The number of aryl methyl sites for hydroxylation is 1. The first-order valence-electron chi connectivity index (χ1n) is 6.83. The minimum atomic E-state index is -0.709. The minimum absolute atomic E-state index is 0.100. The average Bonchev–Trinajstić information content (AvgIpc) is 2.46. The van der Waals surface area contributed by atoms with E-state index in [0.29, 0.717) is 19.5 Å². The molecule has 1 heterocycles. The summed E-state index contributed by atoms with van der Waals surface area (Å²) in [6.45, 7) is 4.51. The van der Waals surface area contributed by atoms with E-state index in [-0.39, 0.29) is 24.5 Å². The Kier molecular flexibility index (Phi) is 6.61. The van der Waals surface area contributed by atoms with Gasteiger partial charge in [0, 0.05) is 18.8 Å². The predicted octanol–water partition coefficient (Wildman–Crippen LogP) is 0.551. The van der Waals surface area contributed by atoms with Crippen molar-refractivity contribution in [2.45, 2.75) is 26.8 Å². The Morgan fingerprint density at radius 3 is 2.38 bits per heavy atom. The number of ether oxygens (including phenoxy) is 2. The van der Waals surface area contributed by atoms with Gasteiger partial charge in [-0.05, 0) is 26.8 Å². The van der Waals surface area contributed by atoms with Gasteiger partial charge >= 0.3 is 11.9 Å². The fourth-order valence-corrected chi connectivity index (χ4v) is 1.76. The summed E-state index contributed by atoms with van der Waals surface area (Å²) in [6, 6.07) is 1.10. The summed E-state index contributed by atoms with van der Waals surface area (Å²) in [5.74, 6) is -1.32. The smallest absolute Gasteiger partial charge is 0.355 e. The molecule has 0 aliphatic heterocycles. The molecule has 0 aliphatic rings. The maximum absolute atomic E-state index is 11.9. The molecule has 21 heavy (non-hydrogen) atoms. The monoisotopic (exact) mass is 296 g/mol. The molecule has 0 aromatic carbocycles. The zero-order valence-electron chi connectivity index (χ0n) is 12.3. The molecule has 0 saturated heterocycles. The van der Waals surface area contributed by atoms with Gasteiger partial charge in [0.05, 0.1) is 13.2 Å². The molecule has 0 amide bonds. The van der Waals surface area contributed by atoms with Crippen LogP contribution in [0.15, 0.2) is 17.1 Å². The maximum atomic E-state index is 11.9. The highest BCUT2D eigenvalue weighted by atomic mass is 16.5. The number of aromatic nitrogens is 1. The van der Waals surface area contributed by atoms with Crippen LogP contribution in [0.2, 0.25) is 0 Å². The third kappa shape index (κ3) is 4.42. The van der Waals surface area contributed by atoms with Crippen LogP contribution in [0, 0.1) is 0 Å². The maximum Gasteiger partial charge on any atom is 0.355 e. The zero-order valence-corrected chi connectivity index (χ0v) is 12.3. The molecule has 116 valence electrons. The van der Waals surface area contributed by atoms with E-state index in [1.807, 2.05) is 0 Å². The number of esters is 2. The van der Waals surface area contributed by atoms with Gasteiger partial charge < -0.3 is 19.8 Å². The van der Waals surface area contributed by atoms with E-state index in [9.17, 15) is 14.4 Å². The first-order valence-corrected chi connectivity index (χ1v) is 6.83. The van der Waals surface area contributed by atoms with Crippen molar-refractivity contribution in [3.63, 3.8) is 0 Å². The number of nitrogens with two attached hydrogens (primary N) is 1. The van der Waals surface area contributed by atoms with E-state index in [0.717, 1.165) is 6.07 Å². The van der Waals surface area contributed by atoms with Crippen LogP contribution in [-0.2, 0) is 16.0 Å². The van der Waals surface area contributed by atoms with Gasteiger partial charge in [-0.2, -0.15) is 0 Å². The molecule has 1 aromatic rings. The topological polar surface area (TPSA) is 101 Å². The number of hydrogen-bond acceptors (Lipinski definition) is 6. The molecule has 7 nitrogen and oxygen atoms in total. The van der Waals surface area contributed by atoms with Crippen molar-refractivity contribution < 1.29 is 19.1 Å². The summed E-state index contributed by atoms with van der Waals surface area (Å²) in [5.41, 5.74) is 4.88. The van der Waals surface area contributed by atoms with Crippen molar-refractivity contribution in [3.8, 4) is 0 Å². The van der Waals surface area contributed by atoms with Gasteiger partial charge in [-0.3, -0.25) is 4.79 Å². The number of rotatable bonds is 7. The summed E-state index contributed by atoms with van der Waals surface area (Å²) < 4.78 is 11.2.